The molecule has 8 atom stereocenters. The highest BCUT2D eigenvalue weighted by Gasteiger charge is 2.35. The molecule has 2 aliphatic carbocycles. The topological polar surface area (TPSA) is 58.9 Å². The zero-order valence-electron chi connectivity index (χ0n) is 20.6. The molecule has 30 heavy (non-hydrogen) atoms. The molecule has 178 valence electrons. The average Bonchev–Trinajstić information content (AvgIpc) is 2.69. The lowest BCUT2D eigenvalue weighted by molar-refractivity contribution is -0.133. The number of aliphatic hydroxyl groups is 2. The van der Waals surface area contributed by atoms with E-state index in [0.29, 0.717) is 42.3 Å². The third-order valence-corrected chi connectivity index (χ3v) is 7.85. The maximum absolute atomic E-state index is 10.4. The van der Waals surface area contributed by atoms with Crippen LogP contribution in [0.4, 0.5) is 0 Å². The molecular weight excluding hydrogens is 376 g/mol. The number of hydrogen-bond donors (Lipinski definition) is 2. The molecule has 0 amide bonds. The zero-order chi connectivity index (χ0) is 22.3. The van der Waals surface area contributed by atoms with Gasteiger partial charge in [-0.25, -0.2) is 0 Å². The SMILES string of the molecule is CC1CCC(C(C)C)C(OCCCC(OC2CC(C)CCC2C(C)C)C(O)CO)C1. The Hall–Kier alpha value is -0.160. The molecule has 0 saturated heterocycles. The molecule has 0 aromatic heterocycles. The smallest absolute Gasteiger partial charge is 0.103 e. The maximum atomic E-state index is 10.4. The van der Waals surface area contributed by atoms with Crippen molar-refractivity contribution in [1.29, 1.82) is 0 Å². The third-order valence-electron chi connectivity index (χ3n) is 7.85. The Labute approximate surface area is 186 Å². The van der Waals surface area contributed by atoms with Gasteiger partial charge in [-0.3, -0.25) is 0 Å². The molecule has 8 unspecified atom stereocenters. The van der Waals surface area contributed by atoms with Gasteiger partial charge >= 0.3 is 0 Å². The highest BCUT2D eigenvalue weighted by Crippen LogP contribution is 2.37. The van der Waals surface area contributed by atoms with E-state index in [1.165, 1.54) is 25.7 Å². The summed E-state index contributed by atoms with van der Waals surface area (Å²) >= 11 is 0. The second-order valence-electron chi connectivity index (χ2n) is 11.2. The van der Waals surface area contributed by atoms with Gasteiger partial charge in [0.2, 0.25) is 0 Å². The van der Waals surface area contributed by atoms with Crippen LogP contribution in [0.5, 0.6) is 0 Å². The van der Waals surface area contributed by atoms with Crippen molar-refractivity contribution in [3.05, 3.63) is 0 Å². The lowest BCUT2D eigenvalue weighted by Gasteiger charge is -2.40. The van der Waals surface area contributed by atoms with E-state index in [9.17, 15) is 10.2 Å². The second kappa shape index (κ2) is 12.8. The summed E-state index contributed by atoms with van der Waals surface area (Å²) in [4.78, 5) is 0. The van der Waals surface area contributed by atoms with E-state index in [-0.39, 0.29) is 18.8 Å². The van der Waals surface area contributed by atoms with Crippen LogP contribution in [0, 0.1) is 35.5 Å². The minimum Gasteiger partial charge on any atom is -0.394 e. The van der Waals surface area contributed by atoms with Gasteiger partial charge in [-0.2, -0.15) is 0 Å². The van der Waals surface area contributed by atoms with E-state index in [2.05, 4.69) is 41.5 Å². The van der Waals surface area contributed by atoms with E-state index >= 15 is 0 Å². The molecule has 0 radical (unpaired) electrons. The summed E-state index contributed by atoms with van der Waals surface area (Å²) in [6.45, 7) is 14.3. The first-order valence-corrected chi connectivity index (χ1v) is 12.8. The summed E-state index contributed by atoms with van der Waals surface area (Å²) in [5.74, 6) is 3.86. The van der Waals surface area contributed by atoms with Crippen LogP contribution >= 0.6 is 0 Å². The molecule has 0 heterocycles. The van der Waals surface area contributed by atoms with E-state index < -0.39 is 6.10 Å². The Balaban J connectivity index is 1.87. The minimum atomic E-state index is -0.812. The van der Waals surface area contributed by atoms with Gasteiger partial charge in [-0.15, -0.1) is 0 Å². The molecule has 2 rings (SSSR count). The Morgan fingerprint density at radius 2 is 1.37 bits per heavy atom. The van der Waals surface area contributed by atoms with Crippen molar-refractivity contribution in [3.8, 4) is 0 Å². The highest BCUT2D eigenvalue weighted by molar-refractivity contribution is 4.84. The minimum absolute atomic E-state index is 0.186. The van der Waals surface area contributed by atoms with E-state index in [1.54, 1.807) is 0 Å². The van der Waals surface area contributed by atoms with Crippen LogP contribution in [-0.4, -0.2) is 47.8 Å². The summed E-state index contributed by atoms with van der Waals surface area (Å²) in [6, 6.07) is 0. The lowest BCUT2D eigenvalue weighted by atomic mass is 9.75. The van der Waals surface area contributed by atoms with E-state index in [1.807, 2.05) is 0 Å². The summed E-state index contributed by atoms with van der Waals surface area (Å²) < 4.78 is 12.8. The standard InChI is InChI=1S/C26H50O4/c1-17(2)21-11-9-19(5)14-25(21)29-13-7-8-24(23(28)16-27)30-26-15-20(6)10-12-22(26)18(3)4/h17-28H,7-16H2,1-6H3. The molecule has 0 spiro atoms. The van der Waals surface area contributed by atoms with Crippen LogP contribution in [-0.2, 0) is 9.47 Å². The van der Waals surface area contributed by atoms with Crippen LogP contribution in [0.3, 0.4) is 0 Å². The lowest BCUT2D eigenvalue weighted by Crippen LogP contribution is -2.42. The first-order valence-electron chi connectivity index (χ1n) is 12.8. The van der Waals surface area contributed by atoms with Crippen LogP contribution < -0.4 is 0 Å². The first kappa shape index (κ1) is 26.1. The van der Waals surface area contributed by atoms with Crippen molar-refractivity contribution in [2.45, 2.75) is 117 Å². The third kappa shape index (κ3) is 7.76. The molecule has 4 heteroatoms. The first-order chi connectivity index (χ1) is 14.2. The molecule has 2 aliphatic rings. The maximum Gasteiger partial charge on any atom is 0.103 e. The van der Waals surface area contributed by atoms with Gasteiger partial charge in [0.25, 0.3) is 0 Å². The predicted molar refractivity (Wildman–Crippen MR) is 123 cm³/mol. The molecule has 0 aliphatic heterocycles. The van der Waals surface area contributed by atoms with Crippen molar-refractivity contribution in [1.82, 2.24) is 0 Å². The number of aliphatic hydroxyl groups excluding tert-OH is 2. The van der Waals surface area contributed by atoms with Crippen molar-refractivity contribution in [2.24, 2.45) is 35.5 Å². The molecule has 2 saturated carbocycles. The quantitative estimate of drug-likeness (QED) is 0.432. The number of hydrogen-bond acceptors (Lipinski definition) is 4. The molecule has 2 fully saturated rings. The monoisotopic (exact) mass is 426 g/mol. The fraction of sp³-hybridized carbons (Fsp3) is 1.00. The molecular formula is C26H50O4. The van der Waals surface area contributed by atoms with Gasteiger partial charge in [0.15, 0.2) is 0 Å². The second-order valence-corrected chi connectivity index (χ2v) is 11.2. The Morgan fingerprint density at radius 1 is 0.833 bits per heavy atom. The van der Waals surface area contributed by atoms with E-state index in [4.69, 9.17) is 9.47 Å². The van der Waals surface area contributed by atoms with Crippen molar-refractivity contribution in [3.63, 3.8) is 0 Å². The summed E-state index contributed by atoms with van der Waals surface area (Å²) in [7, 11) is 0. The molecule has 0 aromatic rings. The predicted octanol–water partition coefficient (Wildman–Crippen LogP) is 5.44. The van der Waals surface area contributed by atoms with Crippen molar-refractivity contribution >= 4 is 0 Å². The fourth-order valence-corrected chi connectivity index (χ4v) is 5.79. The largest absolute Gasteiger partial charge is 0.394 e. The van der Waals surface area contributed by atoms with Gasteiger partial charge in [0, 0.05) is 6.61 Å². The van der Waals surface area contributed by atoms with Gasteiger partial charge < -0.3 is 19.7 Å². The van der Waals surface area contributed by atoms with E-state index in [0.717, 1.165) is 31.6 Å². The van der Waals surface area contributed by atoms with Crippen LogP contribution in [0.25, 0.3) is 0 Å². The normalized spacial score (nSPS) is 35.0. The Bertz CT molecular complexity index is 466. The van der Waals surface area contributed by atoms with Gasteiger partial charge in [0.1, 0.15) is 6.10 Å². The van der Waals surface area contributed by atoms with Gasteiger partial charge in [-0.05, 0) is 74.0 Å². The highest BCUT2D eigenvalue weighted by atomic mass is 16.5. The van der Waals surface area contributed by atoms with Gasteiger partial charge in [0.05, 0.1) is 24.9 Å². The van der Waals surface area contributed by atoms with Gasteiger partial charge in [-0.1, -0.05) is 54.4 Å². The van der Waals surface area contributed by atoms with Crippen LogP contribution in [0.2, 0.25) is 0 Å². The molecule has 0 bridgehead atoms. The summed E-state index contributed by atoms with van der Waals surface area (Å²) in [6.07, 6.45) is 8.32. The summed E-state index contributed by atoms with van der Waals surface area (Å²) in [5.41, 5.74) is 0. The Kier molecular flexibility index (Phi) is 11.1. The summed E-state index contributed by atoms with van der Waals surface area (Å²) in [5, 5.41) is 20.0. The molecule has 4 nitrogen and oxygen atoms in total. The number of rotatable bonds is 11. The molecule has 2 N–H and O–H groups in total. The zero-order valence-corrected chi connectivity index (χ0v) is 20.6. The average molecular weight is 427 g/mol. The van der Waals surface area contributed by atoms with Crippen molar-refractivity contribution < 1.29 is 19.7 Å². The van der Waals surface area contributed by atoms with Crippen LogP contribution in [0.1, 0.15) is 92.9 Å². The Morgan fingerprint density at radius 3 is 1.90 bits per heavy atom. The number of ether oxygens (including phenoxy) is 2. The van der Waals surface area contributed by atoms with Crippen LogP contribution in [0.15, 0.2) is 0 Å². The molecule has 0 aromatic carbocycles. The fourth-order valence-electron chi connectivity index (χ4n) is 5.79. The van der Waals surface area contributed by atoms with Crippen molar-refractivity contribution in [2.75, 3.05) is 13.2 Å².